The molecule has 0 radical (unpaired) electrons. The number of likely N-dealkylation sites (N-methyl/N-ethyl adjacent to an activating group) is 1. The fourth-order valence-corrected chi connectivity index (χ4v) is 0.522. The van der Waals surface area contributed by atoms with Crippen molar-refractivity contribution in [3.8, 4) is 0 Å². The van der Waals surface area contributed by atoms with Gasteiger partial charge in [0, 0.05) is 18.8 Å². The van der Waals surface area contributed by atoms with Gasteiger partial charge >= 0.3 is 0 Å². The lowest BCUT2D eigenvalue weighted by Gasteiger charge is -1.95. The minimum absolute atomic E-state index is 0.220. The normalized spacial score (nSPS) is 10.6. The van der Waals surface area contributed by atoms with Crippen LogP contribution in [0.5, 0.6) is 0 Å². The van der Waals surface area contributed by atoms with E-state index in [1.165, 1.54) is 18.7 Å². The van der Waals surface area contributed by atoms with Crippen LogP contribution in [-0.4, -0.2) is 26.0 Å². The average Bonchev–Trinajstić information content (AvgIpc) is 2.16. The molecule has 0 aromatic heterocycles. The lowest BCUT2D eigenvalue weighted by Crippen LogP contribution is -2.18. The molecule has 0 aliphatic rings. The highest BCUT2D eigenvalue weighted by molar-refractivity contribution is 5.95. The highest BCUT2D eigenvalue weighted by Crippen LogP contribution is 1.91. The van der Waals surface area contributed by atoms with Crippen molar-refractivity contribution in [3.05, 3.63) is 24.4 Å². The van der Waals surface area contributed by atoms with E-state index in [1.54, 1.807) is 7.05 Å². The molecule has 13 heavy (non-hydrogen) atoms. The number of amides is 1. The van der Waals surface area contributed by atoms with Crippen molar-refractivity contribution in [1.82, 2.24) is 5.32 Å². The molecule has 0 bridgehead atoms. The van der Waals surface area contributed by atoms with Crippen LogP contribution in [0, 0.1) is 0 Å². The lowest BCUT2D eigenvalue weighted by atomic mass is 10.3. The van der Waals surface area contributed by atoms with Gasteiger partial charge in [0.15, 0.2) is 6.40 Å². The van der Waals surface area contributed by atoms with Crippen molar-refractivity contribution in [3.63, 3.8) is 0 Å². The number of carbonyl (C=O) groups is 1. The molecule has 0 saturated carbocycles. The highest BCUT2D eigenvalue weighted by Gasteiger charge is 1.97. The maximum Gasteiger partial charge on any atom is 0.250 e. The van der Waals surface area contributed by atoms with Crippen molar-refractivity contribution in [2.45, 2.75) is 6.92 Å². The first-order chi connectivity index (χ1) is 6.22. The van der Waals surface area contributed by atoms with Gasteiger partial charge in [0.2, 0.25) is 5.91 Å². The summed E-state index contributed by atoms with van der Waals surface area (Å²) in [5, 5.41) is 2.44. The van der Waals surface area contributed by atoms with Crippen molar-refractivity contribution < 1.29 is 9.53 Å². The van der Waals surface area contributed by atoms with Crippen LogP contribution < -0.4 is 5.32 Å². The van der Waals surface area contributed by atoms with Crippen LogP contribution in [0.15, 0.2) is 29.4 Å². The number of ether oxygens (including phenoxy) is 1. The van der Waals surface area contributed by atoms with Gasteiger partial charge in [-0.1, -0.05) is 6.58 Å². The average molecular weight is 182 g/mol. The molecule has 4 heteroatoms. The smallest absolute Gasteiger partial charge is 0.250 e. The van der Waals surface area contributed by atoms with Crippen LogP contribution in [-0.2, 0) is 9.53 Å². The summed E-state index contributed by atoms with van der Waals surface area (Å²) < 4.78 is 4.83. The van der Waals surface area contributed by atoms with Crippen molar-refractivity contribution in [2.24, 2.45) is 4.99 Å². The Morgan fingerprint density at radius 3 is 2.92 bits per heavy atom. The first kappa shape index (κ1) is 11.4. The summed E-state index contributed by atoms with van der Waals surface area (Å²) in [6.07, 6.45) is 4.27. The fourth-order valence-electron chi connectivity index (χ4n) is 0.522. The Morgan fingerprint density at radius 2 is 2.38 bits per heavy atom. The molecular formula is C9H14N2O2. The van der Waals surface area contributed by atoms with Gasteiger partial charge in [-0.25, -0.2) is 4.99 Å². The van der Waals surface area contributed by atoms with Gasteiger partial charge in [0.05, 0.1) is 6.61 Å². The SMILES string of the molecule is C=C(/C=C\N=C\OCC)C(=O)NC. The molecule has 0 spiro atoms. The van der Waals surface area contributed by atoms with E-state index in [2.05, 4.69) is 16.9 Å². The van der Waals surface area contributed by atoms with Gasteiger partial charge in [-0.05, 0) is 13.0 Å². The van der Waals surface area contributed by atoms with E-state index in [9.17, 15) is 4.79 Å². The van der Waals surface area contributed by atoms with Gasteiger partial charge in [-0.2, -0.15) is 0 Å². The molecule has 1 N–H and O–H groups in total. The molecular weight excluding hydrogens is 168 g/mol. The molecule has 0 aliphatic carbocycles. The van der Waals surface area contributed by atoms with Crippen LogP contribution in [0.3, 0.4) is 0 Å². The zero-order valence-electron chi connectivity index (χ0n) is 7.91. The maximum absolute atomic E-state index is 10.9. The van der Waals surface area contributed by atoms with Crippen molar-refractivity contribution in [1.29, 1.82) is 0 Å². The van der Waals surface area contributed by atoms with E-state index in [0.717, 1.165) is 0 Å². The fraction of sp³-hybridized carbons (Fsp3) is 0.333. The number of rotatable bonds is 5. The quantitative estimate of drug-likeness (QED) is 0.297. The van der Waals surface area contributed by atoms with E-state index >= 15 is 0 Å². The molecule has 0 aromatic carbocycles. The molecule has 0 atom stereocenters. The highest BCUT2D eigenvalue weighted by atomic mass is 16.5. The third-order valence-electron chi connectivity index (χ3n) is 1.18. The minimum atomic E-state index is -0.220. The van der Waals surface area contributed by atoms with Crippen molar-refractivity contribution in [2.75, 3.05) is 13.7 Å². The zero-order valence-corrected chi connectivity index (χ0v) is 7.91. The molecule has 0 saturated heterocycles. The molecule has 0 unspecified atom stereocenters. The van der Waals surface area contributed by atoms with E-state index in [4.69, 9.17) is 4.74 Å². The summed E-state index contributed by atoms with van der Waals surface area (Å²) in [6, 6.07) is 0. The third-order valence-corrected chi connectivity index (χ3v) is 1.18. The van der Waals surface area contributed by atoms with Gasteiger partial charge in [-0.15, -0.1) is 0 Å². The summed E-state index contributed by atoms with van der Waals surface area (Å²) in [5.41, 5.74) is 0.358. The maximum atomic E-state index is 10.9. The molecule has 0 rings (SSSR count). The Kier molecular flexibility index (Phi) is 6.23. The summed E-state index contributed by atoms with van der Waals surface area (Å²) in [6.45, 7) is 5.97. The first-order valence-electron chi connectivity index (χ1n) is 3.93. The standard InChI is InChI=1S/C9H14N2O2/c1-4-13-7-11-6-5-8(2)9(12)10-3/h5-7H,2,4H2,1,3H3,(H,10,12)/b6-5-,11-7+. The molecule has 72 valence electrons. The molecule has 0 aliphatic heterocycles. The van der Waals surface area contributed by atoms with Crippen LogP contribution in [0.1, 0.15) is 6.92 Å². The summed E-state index contributed by atoms with van der Waals surface area (Å²) in [5.74, 6) is -0.220. The third kappa shape index (κ3) is 5.66. The van der Waals surface area contributed by atoms with Crippen LogP contribution >= 0.6 is 0 Å². The lowest BCUT2D eigenvalue weighted by molar-refractivity contribution is -0.116. The second-order valence-electron chi connectivity index (χ2n) is 2.13. The Labute approximate surface area is 78.0 Å². The number of nitrogens with zero attached hydrogens (tertiary/aromatic N) is 1. The minimum Gasteiger partial charge on any atom is -0.483 e. The monoisotopic (exact) mass is 182 g/mol. The van der Waals surface area contributed by atoms with E-state index in [0.29, 0.717) is 12.2 Å². The number of hydrogen-bond acceptors (Lipinski definition) is 3. The van der Waals surface area contributed by atoms with Crippen LogP contribution in [0.25, 0.3) is 0 Å². The van der Waals surface area contributed by atoms with Gasteiger partial charge < -0.3 is 10.1 Å². The molecule has 0 heterocycles. The summed E-state index contributed by atoms with van der Waals surface area (Å²) in [4.78, 5) is 14.6. The van der Waals surface area contributed by atoms with Crippen molar-refractivity contribution >= 4 is 12.3 Å². The van der Waals surface area contributed by atoms with E-state index in [-0.39, 0.29) is 5.91 Å². The number of hydrogen-bond donors (Lipinski definition) is 1. The van der Waals surface area contributed by atoms with Crippen LogP contribution in [0.2, 0.25) is 0 Å². The molecule has 4 nitrogen and oxygen atoms in total. The van der Waals surface area contributed by atoms with E-state index in [1.807, 2.05) is 6.92 Å². The Hall–Kier alpha value is -1.58. The zero-order chi connectivity index (χ0) is 10.1. The Bertz CT molecular complexity index is 232. The number of nitrogens with one attached hydrogen (secondary N) is 1. The topological polar surface area (TPSA) is 50.7 Å². The number of carbonyl (C=O) groups excluding carboxylic acids is 1. The van der Waals surface area contributed by atoms with Crippen LogP contribution in [0.4, 0.5) is 0 Å². The molecule has 1 amide bonds. The van der Waals surface area contributed by atoms with E-state index < -0.39 is 0 Å². The predicted molar refractivity (Wildman–Crippen MR) is 52.5 cm³/mol. The van der Waals surface area contributed by atoms with Gasteiger partial charge in [0.1, 0.15) is 0 Å². The molecule has 0 fully saturated rings. The summed E-state index contributed by atoms with van der Waals surface area (Å²) >= 11 is 0. The van der Waals surface area contributed by atoms with Gasteiger partial charge in [0.25, 0.3) is 0 Å². The second kappa shape index (κ2) is 7.09. The first-order valence-corrected chi connectivity index (χ1v) is 3.93. The second-order valence-corrected chi connectivity index (χ2v) is 2.13. The van der Waals surface area contributed by atoms with Gasteiger partial charge in [-0.3, -0.25) is 4.79 Å². The predicted octanol–water partition coefficient (Wildman–Crippen LogP) is 0.867. The largest absolute Gasteiger partial charge is 0.483 e. The number of aliphatic imine (C=N–C) groups is 1. The molecule has 0 aromatic rings. The Morgan fingerprint density at radius 1 is 1.69 bits per heavy atom. The summed E-state index contributed by atoms with van der Waals surface area (Å²) in [7, 11) is 1.55. The Balaban J connectivity index is 3.84.